The first-order valence-corrected chi connectivity index (χ1v) is 8.31. The monoisotopic (exact) mass is 364 g/mol. The molecule has 0 fully saturated rings. The average molecular weight is 365 g/mol. The molecule has 0 spiro atoms. The normalized spacial score (nSPS) is 10.9. The van der Waals surface area contributed by atoms with Crippen molar-refractivity contribution in [3.05, 3.63) is 40.8 Å². The smallest absolute Gasteiger partial charge is 0.220 e. The van der Waals surface area contributed by atoms with E-state index in [9.17, 15) is 4.79 Å². The van der Waals surface area contributed by atoms with Crippen LogP contribution >= 0.6 is 15.9 Å². The predicted octanol–water partition coefficient (Wildman–Crippen LogP) is 4.20. The van der Waals surface area contributed by atoms with Crippen molar-refractivity contribution in [2.24, 2.45) is 5.92 Å². The summed E-state index contributed by atoms with van der Waals surface area (Å²) >= 11 is 3.40. The molecule has 0 atom stereocenters. The maximum Gasteiger partial charge on any atom is 0.220 e. The van der Waals surface area contributed by atoms with Gasteiger partial charge in [-0.1, -0.05) is 41.9 Å². The summed E-state index contributed by atoms with van der Waals surface area (Å²) in [5.74, 6) is 1.96. The molecule has 1 aromatic carbocycles. The second-order valence-electron chi connectivity index (χ2n) is 5.66. The van der Waals surface area contributed by atoms with Crippen LogP contribution in [0.4, 0.5) is 0 Å². The fraction of sp³-hybridized carbons (Fsp3) is 0.412. The largest absolute Gasteiger partial charge is 0.441 e. The van der Waals surface area contributed by atoms with E-state index < -0.39 is 0 Å². The van der Waals surface area contributed by atoms with Gasteiger partial charge in [0, 0.05) is 29.4 Å². The Bertz CT molecular complexity index is 605. The zero-order chi connectivity index (χ0) is 15.9. The van der Waals surface area contributed by atoms with E-state index >= 15 is 0 Å². The van der Waals surface area contributed by atoms with Crippen molar-refractivity contribution < 1.29 is 9.21 Å². The molecule has 0 aliphatic heterocycles. The van der Waals surface area contributed by atoms with E-state index in [4.69, 9.17) is 4.42 Å². The van der Waals surface area contributed by atoms with Gasteiger partial charge >= 0.3 is 0 Å². The van der Waals surface area contributed by atoms with E-state index in [-0.39, 0.29) is 5.91 Å². The quantitative estimate of drug-likeness (QED) is 0.800. The van der Waals surface area contributed by atoms with Crippen molar-refractivity contribution in [3.8, 4) is 11.3 Å². The molecule has 2 aromatic rings. The first-order chi connectivity index (χ1) is 10.5. The lowest BCUT2D eigenvalue weighted by atomic mass is 10.1. The third-order valence-electron chi connectivity index (χ3n) is 3.29. The molecule has 4 nitrogen and oxygen atoms in total. The first-order valence-electron chi connectivity index (χ1n) is 7.52. The summed E-state index contributed by atoms with van der Waals surface area (Å²) in [5, 5.41) is 2.92. The van der Waals surface area contributed by atoms with Crippen LogP contribution in [-0.2, 0) is 11.2 Å². The van der Waals surface area contributed by atoms with Crippen LogP contribution < -0.4 is 5.32 Å². The zero-order valence-corrected chi connectivity index (χ0v) is 14.5. The summed E-state index contributed by atoms with van der Waals surface area (Å²) in [5.41, 5.74) is 0.975. The number of halogens is 1. The van der Waals surface area contributed by atoms with Crippen molar-refractivity contribution in [2.75, 3.05) is 6.54 Å². The molecule has 0 unspecified atom stereocenters. The summed E-state index contributed by atoms with van der Waals surface area (Å²) < 4.78 is 6.72. The van der Waals surface area contributed by atoms with E-state index in [0.29, 0.717) is 24.7 Å². The number of nitrogens with one attached hydrogen (secondary N) is 1. The lowest BCUT2D eigenvalue weighted by Gasteiger charge is -2.06. The highest BCUT2D eigenvalue weighted by atomic mass is 79.9. The Morgan fingerprint density at radius 2 is 2.05 bits per heavy atom. The fourth-order valence-corrected chi connectivity index (χ4v) is 2.25. The third kappa shape index (κ3) is 5.30. The molecular formula is C17H21BrN2O2. The van der Waals surface area contributed by atoms with E-state index in [1.54, 1.807) is 6.20 Å². The molecule has 1 aromatic heterocycles. The van der Waals surface area contributed by atoms with Crippen LogP contribution in [0.3, 0.4) is 0 Å². The molecular weight excluding hydrogens is 344 g/mol. The Hall–Kier alpha value is -1.62. The van der Waals surface area contributed by atoms with Gasteiger partial charge < -0.3 is 9.73 Å². The topological polar surface area (TPSA) is 55.1 Å². The summed E-state index contributed by atoms with van der Waals surface area (Å²) in [6.07, 6.45) is 3.62. The van der Waals surface area contributed by atoms with E-state index in [2.05, 4.69) is 40.1 Å². The summed E-state index contributed by atoms with van der Waals surface area (Å²) in [4.78, 5) is 16.0. The number of hydrogen-bond donors (Lipinski definition) is 1. The van der Waals surface area contributed by atoms with Crippen LogP contribution in [0.25, 0.3) is 11.3 Å². The molecule has 0 radical (unpaired) electrons. The number of hydrogen-bond acceptors (Lipinski definition) is 3. The molecule has 1 N–H and O–H groups in total. The van der Waals surface area contributed by atoms with Crippen LogP contribution in [0.15, 0.2) is 39.4 Å². The number of carbonyl (C=O) groups excluding carboxylic acids is 1. The standard InChI is InChI=1S/C17H21BrN2O2/c1-12(2)9-10-19-16(21)7-8-17-20-11-15(22-17)13-3-5-14(18)6-4-13/h3-6,11-12H,7-10H2,1-2H3,(H,19,21). The van der Waals surface area contributed by atoms with Crippen molar-refractivity contribution in [2.45, 2.75) is 33.1 Å². The SMILES string of the molecule is CC(C)CCNC(=O)CCc1ncc(-c2ccc(Br)cc2)o1. The number of nitrogens with zero attached hydrogens (tertiary/aromatic N) is 1. The Morgan fingerprint density at radius 3 is 2.73 bits per heavy atom. The predicted molar refractivity (Wildman–Crippen MR) is 90.4 cm³/mol. The van der Waals surface area contributed by atoms with Gasteiger partial charge in [0.25, 0.3) is 0 Å². The molecule has 5 heteroatoms. The van der Waals surface area contributed by atoms with Crippen molar-refractivity contribution in [3.63, 3.8) is 0 Å². The molecule has 1 heterocycles. The van der Waals surface area contributed by atoms with Crippen molar-refractivity contribution in [1.82, 2.24) is 10.3 Å². The number of amides is 1. The molecule has 0 aliphatic carbocycles. The van der Waals surface area contributed by atoms with E-state index in [1.165, 1.54) is 0 Å². The number of carbonyl (C=O) groups is 1. The number of aryl methyl sites for hydroxylation is 1. The first kappa shape index (κ1) is 16.7. The van der Waals surface area contributed by atoms with Crippen LogP contribution in [0.2, 0.25) is 0 Å². The summed E-state index contributed by atoms with van der Waals surface area (Å²) in [6.45, 7) is 5.01. The van der Waals surface area contributed by atoms with Gasteiger partial charge in [0.05, 0.1) is 6.20 Å². The van der Waals surface area contributed by atoms with Gasteiger partial charge in [-0.15, -0.1) is 0 Å². The number of rotatable bonds is 7. The summed E-state index contributed by atoms with van der Waals surface area (Å²) in [7, 11) is 0. The van der Waals surface area contributed by atoms with Gasteiger partial charge in [0.1, 0.15) is 0 Å². The summed E-state index contributed by atoms with van der Waals surface area (Å²) in [6, 6.07) is 7.85. The Balaban J connectivity index is 1.82. The minimum Gasteiger partial charge on any atom is -0.441 e. The van der Waals surface area contributed by atoms with Crippen LogP contribution in [0.5, 0.6) is 0 Å². The van der Waals surface area contributed by atoms with Gasteiger partial charge in [0.2, 0.25) is 5.91 Å². The lowest BCUT2D eigenvalue weighted by molar-refractivity contribution is -0.121. The third-order valence-corrected chi connectivity index (χ3v) is 3.82. The minimum absolute atomic E-state index is 0.0454. The van der Waals surface area contributed by atoms with Gasteiger partial charge in [-0.25, -0.2) is 4.98 Å². The van der Waals surface area contributed by atoms with Crippen LogP contribution in [0, 0.1) is 5.92 Å². The Kier molecular flexibility index (Phi) is 6.19. The highest BCUT2D eigenvalue weighted by molar-refractivity contribution is 9.10. The van der Waals surface area contributed by atoms with Gasteiger partial charge in [-0.05, 0) is 24.5 Å². The molecule has 1 amide bonds. The van der Waals surface area contributed by atoms with E-state index in [0.717, 1.165) is 28.8 Å². The number of benzene rings is 1. The zero-order valence-electron chi connectivity index (χ0n) is 12.9. The van der Waals surface area contributed by atoms with Crippen LogP contribution in [0.1, 0.15) is 32.6 Å². The molecule has 0 aliphatic rings. The Morgan fingerprint density at radius 1 is 1.32 bits per heavy atom. The van der Waals surface area contributed by atoms with Gasteiger partial charge in [0.15, 0.2) is 11.7 Å². The number of oxazole rings is 1. The minimum atomic E-state index is 0.0454. The average Bonchev–Trinajstić information content (AvgIpc) is 2.94. The van der Waals surface area contributed by atoms with Crippen molar-refractivity contribution in [1.29, 1.82) is 0 Å². The van der Waals surface area contributed by atoms with Crippen LogP contribution in [-0.4, -0.2) is 17.4 Å². The lowest BCUT2D eigenvalue weighted by Crippen LogP contribution is -2.25. The molecule has 118 valence electrons. The second-order valence-corrected chi connectivity index (χ2v) is 6.57. The second kappa shape index (κ2) is 8.13. The molecule has 0 bridgehead atoms. The molecule has 22 heavy (non-hydrogen) atoms. The molecule has 2 rings (SSSR count). The fourth-order valence-electron chi connectivity index (χ4n) is 1.98. The van der Waals surface area contributed by atoms with Crippen molar-refractivity contribution >= 4 is 21.8 Å². The van der Waals surface area contributed by atoms with Gasteiger partial charge in [-0.3, -0.25) is 4.79 Å². The highest BCUT2D eigenvalue weighted by Crippen LogP contribution is 2.22. The molecule has 0 saturated heterocycles. The van der Waals surface area contributed by atoms with Gasteiger partial charge in [-0.2, -0.15) is 0 Å². The maximum absolute atomic E-state index is 11.7. The maximum atomic E-state index is 11.7. The molecule has 0 saturated carbocycles. The highest BCUT2D eigenvalue weighted by Gasteiger charge is 2.09. The Labute approximate surface area is 139 Å². The van der Waals surface area contributed by atoms with E-state index in [1.807, 2.05) is 24.3 Å². The number of aromatic nitrogens is 1.